The third kappa shape index (κ3) is 1.14. The Bertz CT molecular complexity index is 258. The minimum atomic E-state index is 0.581. The molecule has 0 radical (unpaired) electrons. The van der Waals surface area contributed by atoms with E-state index in [2.05, 4.69) is 4.99 Å². The molecule has 1 aromatic rings. The highest BCUT2D eigenvalue weighted by molar-refractivity contribution is 5.50. The first-order valence-electron chi connectivity index (χ1n) is 3.02. The molecule has 1 rings (SSSR count). The smallest absolute Gasteiger partial charge is 0.240 e. The lowest BCUT2D eigenvalue weighted by molar-refractivity contribution is 0.516. The number of hydrogen-bond donors (Lipinski definition) is 0. The number of nitrogens with zero attached hydrogens (tertiary/aromatic N) is 1. The van der Waals surface area contributed by atoms with Crippen LogP contribution in [0.15, 0.2) is 21.7 Å². The molecule has 0 saturated carbocycles. The molecule has 0 amide bonds. The van der Waals surface area contributed by atoms with Crippen molar-refractivity contribution >= 4 is 11.8 Å². The number of rotatable bonds is 2. The Morgan fingerprint density at radius 2 is 2.60 bits per heavy atom. The topological polar surface area (TPSA) is 42.6 Å². The first kappa shape index (κ1) is 6.78. The van der Waals surface area contributed by atoms with E-state index in [4.69, 9.17) is 4.42 Å². The van der Waals surface area contributed by atoms with E-state index in [9.17, 15) is 4.79 Å². The van der Waals surface area contributed by atoms with Crippen molar-refractivity contribution in [3.05, 3.63) is 18.1 Å². The highest BCUT2D eigenvalue weighted by atomic mass is 16.3. The van der Waals surface area contributed by atoms with Crippen LogP contribution in [0.2, 0.25) is 0 Å². The lowest BCUT2D eigenvalue weighted by Gasteiger charge is -1.86. The molecule has 10 heavy (non-hydrogen) atoms. The molecule has 0 saturated heterocycles. The number of furan rings is 1. The van der Waals surface area contributed by atoms with Crippen LogP contribution in [0.1, 0.15) is 12.7 Å². The maximum absolute atomic E-state index is 9.81. The van der Waals surface area contributed by atoms with Gasteiger partial charge in [-0.3, -0.25) is 0 Å². The molecule has 0 aliphatic rings. The molecule has 1 aromatic heterocycles. The standard InChI is InChI=1S/C7H7NO2/c1-2-7-6(8-5-9)3-4-10-7/h3-4H,2H2,1H3. The minimum Gasteiger partial charge on any atom is -0.467 e. The molecule has 3 nitrogen and oxygen atoms in total. The number of carbonyl (C=O) groups excluding carboxylic acids is 1. The van der Waals surface area contributed by atoms with Gasteiger partial charge in [-0.05, 0) is 0 Å². The third-order valence-corrected chi connectivity index (χ3v) is 1.21. The van der Waals surface area contributed by atoms with E-state index in [0.717, 1.165) is 12.2 Å². The molecule has 0 atom stereocenters. The Hall–Kier alpha value is -1.34. The Labute approximate surface area is 58.4 Å². The van der Waals surface area contributed by atoms with Gasteiger partial charge in [-0.1, -0.05) is 6.92 Å². The second-order valence-electron chi connectivity index (χ2n) is 1.79. The second kappa shape index (κ2) is 2.99. The predicted molar refractivity (Wildman–Crippen MR) is 35.9 cm³/mol. The fourth-order valence-electron chi connectivity index (χ4n) is 0.747. The molecule has 52 valence electrons. The van der Waals surface area contributed by atoms with Crippen molar-refractivity contribution in [2.24, 2.45) is 4.99 Å². The Morgan fingerprint density at radius 3 is 3.20 bits per heavy atom. The van der Waals surface area contributed by atoms with E-state index in [1.807, 2.05) is 6.92 Å². The summed E-state index contributed by atoms with van der Waals surface area (Å²) in [5.41, 5.74) is 0.581. The Balaban J connectivity index is 3.00. The average molecular weight is 137 g/mol. The van der Waals surface area contributed by atoms with Crippen LogP contribution in [-0.2, 0) is 11.2 Å². The van der Waals surface area contributed by atoms with Gasteiger partial charge in [0.25, 0.3) is 0 Å². The molecule has 0 aromatic carbocycles. The molecule has 0 unspecified atom stereocenters. The third-order valence-electron chi connectivity index (χ3n) is 1.21. The number of aliphatic imine (C=N–C) groups is 1. The number of aryl methyl sites for hydroxylation is 1. The van der Waals surface area contributed by atoms with E-state index in [-0.39, 0.29) is 0 Å². The van der Waals surface area contributed by atoms with Crippen molar-refractivity contribution in [3.8, 4) is 0 Å². The molecule has 0 bridgehead atoms. The van der Waals surface area contributed by atoms with Crippen LogP contribution in [-0.4, -0.2) is 6.08 Å². The quantitative estimate of drug-likeness (QED) is 0.460. The average Bonchev–Trinajstić information content (AvgIpc) is 2.36. The normalized spacial score (nSPS) is 8.90. The zero-order chi connectivity index (χ0) is 7.40. The van der Waals surface area contributed by atoms with Crippen LogP contribution in [0.25, 0.3) is 0 Å². The lowest BCUT2D eigenvalue weighted by Crippen LogP contribution is -1.71. The SMILES string of the molecule is CCc1occc1N=C=O. The highest BCUT2D eigenvalue weighted by Gasteiger charge is 2.00. The summed E-state index contributed by atoms with van der Waals surface area (Å²) in [6, 6.07) is 1.64. The van der Waals surface area contributed by atoms with E-state index in [1.165, 1.54) is 12.3 Å². The maximum Gasteiger partial charge on any atom is 0.240 e. The van der Waals surface area contributed by atoms with Crippen LogP contribution >= 0.6 is 0 Å². The fraction of sp³-hybridized carbons (Fsp3) is 0.286. The summed E-state index contributed by atoms with van der Waals surface area (Å²) in [6.07, 6.45) is 3.71. The van der Waals surface area contributed by atoms with Gasteiger partial charge in [0.2, 0.25) is 6.08 Å². The van der Waals surface area contributed by atoms with Gasteiger partial charge in [0, 0.05) is 12.5 Å². The number of isocyanates is 1. The van der Waals surface area contributed by atoms with Gasteiger partial charge in [0.15, 0.2) is 0 Å². The summed E-state index contributed by atoms with van der Waals surface area (Å²) in [4.78, 5) is 13.2. The van der Waals surface area contributed by atoms with Gasteiger partial charge in [0.1, 0.15) is 11.4 Å². The molecule has 0 fully saturated rings. The zero-order valence-corrected chi connectivity index (χ0v) is 5.63. The Kier molecular flexibility index (Phi) is 2.03. The van der Waals surface area contributed by atoms with Crippen LogP contribution < -0.4 is 0 Å². The summed E-state index contributed by atoms with van der Waals surface area (Å²) in [6.45, 7) is 1.93. The highest BCUT2D eigenvalue weighted by Crippen LogP contribution is 2.19. The molecular weight excluding hydrogens is 130 g/mol. The van der Waals surface area contributed by atoms with Crippen molar-refractivity contribution in [3.63, 3.8) is 0 Å². The monoisotopic (exact) mass is 137 g/mol. The van der Waals surface area contributed by atoms with Gasteiger partial charge < -0.3 is 4.42 Å². The largest absolute Gasteiger partial charge is 0.467 e. The Morgan fingerprint density at radius 1 is 1.80 bits per heavy atom. The first-order valence-corrected chi connectivity index (χ1v) is 3.02. The molecule has 0 aliphatic heterocycles. The van der Waals surface area contributed by atoms with Crippen molar-refractivity contribution in [2.45, 2.75) is 13.3 Å². The van der Waals surface area contributed by atoms with Crippen LogP contribution in [0, 0.1) is 0 Å². The van der Waals surface area contributed by atoms with Crippen molar-refractivity contribution in [1.29, 1.82) is 0 Å². The van der Waals surface area contributed by atoms with Crippen molar-refractivity contribution in [2.75, 3.05) is 0 Å². The maximum atomic E-state index is 9.81. The summed E-state index contributed by atoms with van der Waals surface area (Å²) in [5.74, 6) is 0.725. The summed E-state index contributed by atoms with van der Waals surface area (Å²) in [5, 5.41) is 0. The van der Waals surface area contributed by atoms with Crippen molar-refractivity contribution in [1.82, 2.24) is 0 Å². The van der Waals surface area contributed by atoms with E-state index < -0.39 is 0 Å². The predicted octanol–water partition coefficient (Wildman–Crippen LogP) is 1.81. The van der Waals surface area contributed by atoms with E-state index in [1.54, 1.807) is 6.07 Å². The molecular formula is C7H7NO2. The van der Waals surface area contributed by atoms with Gasteiger partial charge in [-0.25, -0.2) is 4.79 Å². The first-order chi connectivity index (χ1) is 4.88. The van der Waals surface area contributed by atoms with Gasteiger partial charge in [-0.2, -0.15) is 4.99 Å². The summed E-state index contributed by atoms with van der Waals surface area (Å²) in [7, 11) is 0. The second-order valence-corrected chi connectivity index (χ2v) is 1.79. The van der Waals surface area contributed by atoms with Crippen molar-refractivity contribution < 1.29 is 9.21 Å². The molecule has 0 aliphatic carbocycles. The van der Waals surface area contributed by atoms with Gasteiger partial charge in [-0.15, -0.1) is 0 Å². The molecule has 0 spiro atoms. The van der Waals surface area contributed by atoms with Crippen LogP contribution in [0.4, 0.5) is 5.69 Å². The molecule has 3 heteroatoms. The van der Waals surface area contributed by atoms with Crippen LogP contribution in [0.5, 0.6) is 0 Å². The van der Waals surface area contributed by atoms with Crippen LogP contribution in [0.3, 0.4) is 0 Å². The summed E-state index contributed by atoms with van der Waals surface area (Å²) < 4.78 is 4.99. The fourth-order valence-corrected chi connectivity index (χ4v) is 0.747. The molecule has 1 heterocycles. The summed E-state index contributed by atoms with van der Waals surface area (Å²) >= 11 is 0. The number of hydrogen-bond acceptors (Lipinski definition) is 3. The minimum absolute atomic E-state index is 0.581. The van der Waals surface area contributed by atoms with E-state index >= 15 is 0 Å². The van der Waals surface area contributed by atoms with Gasteiger partial charge >= 0.3 is 0 Å². The zero-order valence-electron chi connectivity index (χ0n) is 5.63. The van der Waals surface area contributed by atoms with E-state index in [0.29, 0.717) is 5.69 Å². The lowest BCUT2D eigenvalue weighted by atomic mass is 10.3. The molecule has 0 N–H and O–H groups in total. The van der Waals surface area contributed by atoms with Gasteiger partial charge in [0.05, 0.1) is 6.26 Å².